The van der Waals surface area contributed by atoms with Crippen molar-refractivity contribution in [2.24, 2.45) is 5.92 Å². The number of aliphatic hydroxyl groups is 1. The molecule has 4 rings (SSSR count). The summed E-state index contributed by atoms with van der Waals surface area (Å²) in [6, 6.07) is 16.7. The summed E-state index contributed by atoms with van der Waals surface area (Å²) in [7, 11) is 0. The molecule has 7 nitrogen and oxygen atoms in total. The molecule has 0 radical (unpaired) electrons. The first kappa shape index (κ1) is 23.6. The van der Waals surface area contributed by atoms with E-state index < -0.39 is 23.7 Å². The van der Waals surface area contributed by atoms with Crippen molar-refractivity contribution in [1.82, 2.24) is 15.1 Å². The molecular formula is C23H26F2N4O3S. The van der Waals surface area contributed by atoms with Crippen LogP contribution in [0.5, 0.6) is 0 Å². The monoisotopic (exact) mass is 476 g/mol. The molecule has 2 aromatic carbocycles. The Morgan fingerprint density at radius 2 is 1.91 bits per heavy atom. The molecule has 3 aromatic rings. The number of hydrogen-bond donors (Lipinski definition) is 1. The summed E-state index contributed by atoms with van der Waals surface area (Å²) >= 11 is -1.26. The molecule has 0 amide bonds. The maximum Gasteiger partial charge on any atom is 0.314 e. The Morgan fingerprint density at radius 1 is 1.15 bits per heavy atom. The molecule has 0 aliphatic carbocycles. The van der Waals surface area contributed by atoms with E-state index in [-0.39, 0.29) is 12.5 Å². The third-order valence-electron chi connectivity index (χ3n) is 5.65. The van der Waals surface area contributed by atoms with Crippen molar-refractivity contribution in [3.05, 3.63) is 66.1 Å². The van der Waals surface area contributed by atoms with Gasteiger partial charge in [0.1, 0.15) is 5.75 Å². The lowest BCUT2D eigenvalue weighted by molar-refractivity contribution is 0.116. The van der Waals surface area contributed by atoms with Gasteiger partial charge in [-0.15, -0.1) is 10.2 Å². The number of benzene rings is 2. The fourth-order valence-electron chi connectivity index (χ4n) is 3.82. The largest absolute Gasteiger partial charge is 0.593 e. The molecule has 2 heterocycles. The van der Waals surface area contributed by atoms with Gasteiger partial charge in [-0.1, -0.05) is 30.3 Å². The highest BCUT2D eigenvalue weighted by Crippen LogP contribution is 2.26. The van der Waals surface area contributed by atoms with Crippen LogP contribution in [0.15, 0.2) is 59.0 Å². The third-order valence-corrected chi connectivity index (χ3v) is 7.02. The van der Waals surface area contributed by atoms with Gasteiger partial charge in [-0.2, -0.15) is 13.1 Å². The van der Waals surface area contributed by atoms with Crippen LogP contribution < -0.4 is 4.31 Å². The summed E-state index contributed by atoms with van der Waals surface area (Å²) in [6.07, 6.45) is -1.84. The minimum absolute atomic E-state index is 0.0344. The van der Waals surface area contributed by atoms with Crippen molar-refractivity contribution in [2.75, 3.05) is 36.3 Å². The summed E-state index contributed by atoms with van der Waals surface area (Å²) in [5.41, 5.74) is 2.30. The Kier molecular flexibility index (Phi) is 7.92. The molecule has 1 aliphatic rings. The topological polar surface area (TPSA) is 88.7 Å². The van der Waals surface area contributed by atoms with Crippen molar-refractivity contribution in [1.29, 1.82) is 0 Å². The molecule has 2 atom stereocenters. The lowest BCUT2D eigenvalue weighted by Crippen LogP contribution is -2.37. The van der Waals surface area contributed by atoms with Crippen LogP contribution in [-0.4, -0.2) is 56.8 Å². The number of rotatable bonds is 10. The molecule has 1 N–H and O–H groups in total. The second-order valence-electron chi connectivity index (χ2n) is 7.98. The predicted molar refractivity (Wildman–Crippen MR) is 122 cm³/mol. The zero-order chi connectivity index (χ0) is 23.2. The van der Waals surface area contributed by atoms with Crippen LogP contribution in [0.3, 0.4) is 0 Å². The Morgan fingerprint density at radius 3 is 2.55 bits per heavy atom. The quantitative estimate of drug-likeness (QED) is 0.447. The van der Waals surface area contributed by atoms with Gasteiger partial charge in [-0.3, -0.25) is 4.90 Å². The Labute approximate surface area is 194 Å². The summed E-state index contributed by atoms with van der Waals surface area (Å²) < 4.78 is 45.5. The molecule has 0 saturated carbocycles. The number of para-hydroxylation sites is 1. The highest BCUT2D eigenvalue weighted by Gasteiger charge is 2.26. The van der Waals surface area contributed by atoms with Gasteiger partial charge in [0.25, 0.3) is 5.89 Å². The first-order valence-electron chi connectivity index (χ1n) is 10.8. The van der Waals surface area contributed by atoms with E-state index in [0.717, 1.165) is 30.8 Å². The van der Waals surface area contributed by atoms with Gasteiger partial charge < -0.3 is 14.1 Å². The third kappa shape index (κ3) is 6.08. The number of alkyl halides is 2. The summed E-state index contributed by atoms with van der Waals surface area (Å²) in [5, 5.41) is 16.4. The van der Waals surface area contributed by atoms with Crippen molar-refractivity contribution in [3.8, 4) is 11.5 Å². The normalized spacial score (nSPS) is 17.5. The number of aliphatic hydroxyl groups excluding tert-OH is 1. The van der Waals surface area contributed by atoms with Crippen LogP contribution in [0.25, 0.3) is 11.5 Å². The molecule has 176 valence electrons. The Bertz CT molecular complexity index is 1010. The van der Waals surface area contributed by atoms with E-state index in [1.54, 1.807) is 12.1 Å². The maximum atomic E-state index is 13.3. The van der Waals surface area contributed by atoms with E-state index in [4.69, 9.17) is 4.42 Å². The minimum atomic E-state index is -2.81. The van der Waals surface area contributed by atoms with Gasteiger partial charge in [-0.05, 0) is 48.7 Å². The standard InChI is InChI=1S/C23H26F2N4O3S/c24-21(25)23-27-26-22(32-23)19-8-6-17(7-9-19)15-29(20-4-2-1-3-5-20)33(31)13-12-28-11-10-18(14-28)16-30/h1-9,18,21,30H,10-16H2/t18-,33?/m1/s1. The molecule has 0 spiro atoms. The predicted octanol–water partition coefficient (Wildman–Crippen LogP) is 3.66. The number of nitrogens with zero attached hydrogens (tertiary/aromatic N) is 4. The maximum absolute atomic E-state index is 13.3. The van der Waals surface area contributed by atoms with Gasteiger partial charge >= 0.3 is 6.43 Å². The first-order valence-corrected chi connectivity index (χ1v) is 12.1. The van der Waals surface area contributed by atoms with Crippen LogP contribution >= 0.6 is 0 Å². The van der Waals surface area contributed by atoms with Gasteiger partial charge in [-0.25, -0.2) is 0 Å². The summed E-state index contributed by atoms with van der Waals surface area (Å²) in [5.74, 6) is 0.122. The number of aromatic nitrogens is 2. The zero-order valence-corrected chi connectivity index (χ0v) is 18.8. The van der Waals surface area contributed by atoms with Gasteiger partial charge in [0, 0.05) is 25.3 Å². The lowest BCUT2D eigenvalue weighted by atomic mass is 10.1. The average Bonchev–Trinajstić information content (AvgIpc) is 3.52. The fraction of sp³-hybridized carbons (Fsp3) is 0.391. The Hall–Kier alpha value is -2.53. The molecule has 1 fully saturated rings. The van der Waals surface area contributed by atoms with E-state index in [1.165, 1.54) is 0 Å². The van der Waals surface area contributed by atoms with Gasteiger partial charge in [0.2, 0.25) is 5.89 Å². The van der Waals surface area contributed by atoms with Crippen molar-refractivity contribution >= 4 is 17.0 Å². The van der Waals surface area contributed by atoms with E-state index in [0.29, 0.717) is 30.3 Å². The highest BCUT2D eigenvalue weighted by atomic mass is 32.2. The van der Waals surface area contributed by atoms with Crippen LogP contribution in [-0.2, 0) is 17.9 Å². The van der Waals surface area contributed by atoms with E-state index in [2.05, 4.69) is 15.1 Å². The minimum Gasteiger partial charge on any atom is -0.593 e. The lowest BCUT2D eigenvalue weighted by Gasteiger charge is -2.27. The van der Waals surface area contributed by atoms with Gasteiger partial charge in [0.15, 0.2) is 0 Å². The molecule has 1 aliphatic heterocycles. The van der Waals surface area contributed by atoms with Crippen LogP contribution in [0, 0.1) is 5.92 Å². The van der Waals surface area contributed by atoms with Crippen molar-refractivity contribution in [3.63, 3.8) is 0 Å². The molecule has 0 bridgehead atoms. The molecule has 1 unspecified atom stereocenters. The number of hydrogen-bond acceptors (Lipinski definition) is 7. The smallest absolute Gasteiger partial charge is 0.314 e. The molecular weight excluding hydrogens is 450 g/mol. The van der Waals surface area contributed by atoms with Crippen LogP contribution in [0.1, 0.15) is 24.3 Å². The second kappa shape index (κ2) is 11.1. The highest BCUT2D eigenvalue weighted by molar-refractivity contribution is 7.92. The first-order chi connectivity index (χ1) is 16.0. The van der Waals surface area contributed by atoms with Crippen LogP contribution in [0.2, 0.25) is 0 Å². The van der Waals surface area contributed by atoms with E-state index in [1.807, 2.05) is 46.8 Å². The summed E-state index contributed by atoms with van der Waals surface area (Å²) in [4.78, 5) is 2.24. The Balaban J connectivity index is 1.44. The SMILES string of the molecule is [O-][S+](CCN1CC[C@@H](CO)C1)N(Cc1ccc(-c2nnc(C(F)F)o2)cc1)c1ccccc1. The van der Waals surface area contributed by atoms with Gasteiger partial charge in [0.05, 0.1) is 23.6 Å². The summed E-state index contributed by atoms with van der Waals surface area (Å²) in [6.45, 7) is 3.07. The average molecular weight is 477 g/mol. The molecule has 10 heteroatoms. The number of anilines is 1. The van der Waals surface area contributed by atoms with E-state index >= 15 is 0 Å². The van der Waals surface area contributed by atoms with E-state index in [9.17, 15) is 18.4 Å². The second-order valence-corrected chi connectivity index (χ2v) is 9.47. The number of halogens is 2. The zero-order valence-electron chi connectivity index (χ0n) is 18.0. The molecule has 33 heavy (non-hydrogen) atoms. The molecule has 1 aromatic heterocycles. The number of likely N-dealkylation sites (tertiary alicyclic amines) is 1. The fourth-order valence-corrected chi connectivity index (χ4v) is 5.10. The molecule has 1 saturated heterocycles. The van der Waals surface area contributed by atoms with Crippen LogP contribution in [0.4, 0.5) is 14.5 Å². The van der Waals surface area contributed by atoms with Crippen molar-refractivity contribution in [2.45, 2.75) is 19.4 Å². The van der Waals surface area contributed by atoms with Crippen molar-refractivity contribution < 1.29 is 22.9 Å².